The van der Waals surface area contributed by atoms with Crippen molar-refractivity contribution in [3.8, 4) is 0 Å². The molecule has 4 nitrogen and oxygen atoms in total. The molecule has 1 aromatic heterocycles. The zero-order valence-electron chi connectivity index (χ0n) is 9.82. The molecule has 1 aliphatic rings. The van der Waals surface area contributed by atoms with E-state index < -0.39 is 12.1 Å². The van der Waals surface area contributed by atoms with E-state index in [1.807, 2.05) is 4.90 Å². The number of hydrogen-bond acceptors (Lipinski definition) is 4. The number of aromatic nitrogens is 2. The van der Waals surface area contributed by atoms with E-state index in [1.54, 1.807) is 12.3 Å². The van der Waals surface area contributed by atoms with Crippen LogP contribution in [0.15, 0.2) is 12.3 Å². The van der Waals surface area contributed by atoms with Gasteiger partial charge in [-0.1, -0.05) is 0 Å². The zero-order chi connectivity index (χ0) is 13.2. The Hall–Kier alpha value is -1.37. The van der Waals surface area contributed by atoms with E-state index in [-0.39, 0.29) is 18.8 Å². The lowest BCUT2D eigenvalue weighted by Gasteiger charge is -2.32. The number of likely N-dealkylation sites (tertiary alicyclic amines) is 1. The predicted octanol–water partition coefficient (Wildman–Crippen LogP) is 1.83. The van der Waals surface area contributed by atoms with Crippen LogP contribution in [0.4, 0.5) is 19.1 Å². The van der Waals surface area contributed by atoms with Crippen molar-refractivity contribution in [3.63, 3.8) is 0 Å². The maximum Gasteiger partial charge on any atom is 0.391 e. The van der Waals surface area contributed by atoms with E-state index in [0.29, 0.717) is 19.6 Å². The number of hydrogen-bond donors (Lipinski definition) is 1. The molecule has 1 aromatic rings. The van der Waals surface area contributed by atoms with Gasteiger partial charge in [0, 0.05) is 12.7 Å². The van der Waals surface area contributed by atoms with Crippen LogP contribution in [0.2, 0.25) is 0 Å². The molecule has 0 saturated carbocycles. The molecule has 0 spiro atoms. The van der Waals surface area contributed by atoms with Crippen LogP contribution in [-0.2, 0) is 6.54 Å². The van der Waals surface area contributed by atoms with Crippen LogP contribution in [-0.4, -0.2) is 34.1 Å². The molecule has 0 aromatic carbocycles. The third-order valence-electron chi connectivity index (χ3n) is 3.17. The van der Waals surface area contributed by atoms with Gasteiger partial charge in [0.2, 0.25) is 5.95 Å². The average Bonchev–Trinajstić information content (AvgIpc) is 2.28. The molecule has 7 heteroatoms. The fourth-order valence-corrected chi connectivity index (χ4v) is 2.15. The van der Waals surface area contributed by atoms with Crippen LogP contribution in [0, 0.1) is 5.92 Å². The minimum absolute atomic E-state index is 0.157. The van der Waals surface area contributed by atoms with Crippen molar-refractivity contribution in [2.24, 2.45) is 5.92 Å². The molecule has 0 amide bonds. The van der Waals surface area contributed by atoms with Gasteiger partial charge in [0.25, 0.3) is 0 Å². The van der Waals surface area contributed by atoms with Gasteiger partial charge in [-0.25, -0.2) is 9.97 Å². The molecule has 0 bridgehead atoms. The highest BCUT2D eigenvalue weighted by Crippen LogP contribution is 2.34. The van der Waals surface area contributed by atoms with E-state index >= 15 is 0 Å². The first-order valence-corrected chi connectivity index (χ1v) is 5.81. The number of nitrogens with zero attached hydrogens (tertiary/aromatic N) is 3. The number of piperidine rings is 1. The number of alkyl halides is 3. The van der Waals surface area contributed by atoms with E-state index in [9.17, 15) is 13.2 Å². The molecular formula is C11H15F3N4. The number of nitrogens with two attached hydrogens (primary N) is 1. The molecule has 0 atom stereocenters. The fraction of sp³-hybridized carbons (Fsp3) is 0.636. The summed E-state index contributed by atoms with van der Waals surface area (Å²) in [5.41, 5.74) is 6.20. The lowest BCUT2D eigenvalue weighted by atomic mass is 9.96. The van der Waals surface area contributed by atoms with Crippen LogP contribution in [0.5, 0.6) is 0 Å². The number of anilines is 1. The number of rotatable bonds is 2. The minimum atomic E-state index is -4.06. The Morgan fingerprint density at radius 3 is 2.56 bits per heavy atom. The van der Waals surface area contributed by atoms with E-state index in [4.69, 9.17) is 5.73 Å². The second-order valence-electron chi connectivity index (χ2n) is 4.50. The van der Waals surface area contributed by atoms with Gasteiger partial charge in [-0.15, -0.1) is 0 Å². The summed E-state index contributed by atoms with van der Waals surface area (Å²) in [6, 6.07) is 1.73. The standard InChI is InChI=1S/C11H15F3N4/c12-11(13,14)8-2-5-18(6-3-8)7-9-1-4-16-10(15)17-9/h1,4,8H,2-3,5-7H2,(H2,15,16,17). The molecule has 2 N–H and O–H groups in total. The van der Waals surface area contributed by atoms with Crippen LogP contribution < -0.4 is 5.73 Å². The molecule has 1 fully saturated rings. The molecule has 0 unspecified atom stereocenters. The summed E-state index contributed by atoms with van der Waals surface area (Å²) in [6.07, 6.45) is -2.19. The highest BCUT2D eigenvalue weighted by atomic mass is 19.4. The largest absolute Gasteiger partial charge is 0.391 e. The Balaban J connectivity index is 1.87. The lowest BCUT2D eigenvalue weighted by Crippen LogP contribution is -2.38. The zero-order valence-corrected chi connectivity index (χ0v) is 9.82. The van der Waals surface area contributed by atoms with E-state index in [2.05, 4.69) is 9.97 Å². The third-order valence-corrected chi connectivity index (χ3v) is 3.17. The van der Waals surface area contributed by atoms with Crippen molar-refractivity contribution in [3.05, 3.63) is 18.0 Å². The summed E-state index contributed by atoms with van der Waals surface area (Å²) >= 11 is 0. The number of halogens is 3. The maximum atomic E-state index is 12.5. The lowest BCUT2D eigenvalue weighted by molar-refractivity contribution is -0.185. The van der Waals surface area contributed by atoms with E-state index in [0.717, 1.165) is 5.69 Å². The normalized spacial score (nSPS) is 19.1. The highest BCUT2D eigenvalue weighted by Gasteiger charge is 2.40. The van der Waals surface area contributed by atoms with Crippen LogP contribution in [0.3, 0.4) is 0 Å². The van der Waals surface area contributed by atoms with Crippen LogP contribution in [0.1, 0.15) is 18.5 Å². The molecule has 1 aliphatic heterocycles. The summed E-state index contributed by atoms with van der Waals surface area (Å²) < 4.78 is 37.5. The van der Waals surface area contributed by atoms with Crippen LogP contribution in [0.25, 0.3) is 0 Å². The van der Waals surface area contributed by atoms with Crippen molar-refractivity contribution in [2.45, 2.75) is 25.6 Å². The molecule has 2 heterocycles. The minimum Gasteiger partial charge on any atom is -0.368 e. The second-order valence-corrected chi connectivity index (χ2v) is 4.50. The second kappa shape index (κ2) is 5.09. The van der Waals surface area contributed by atoms with Gasteiger partial charge in [0.05, 0.1) is 11.6 Å². The fourth-order valence-electron chi connectivity index (χ4n) is 2.15. The first-order chi connectivity index (χ1) is 8.45. The van der Waals surface area contributed by atoms with E-state index in [1.165, 1.54) is 0 Å². The summed E-state index contributed by atoms with van der Waals surface area (Å²) in [6.45, 7) is 1.40. The van der Waals surface area contributed by atoms with Crippen molar-refractivity contribution >= 4 is 5.95 Å². The Labute approximate surface area is 103 Å². The molecule has 1 saturated heterocycles. The summed E-state index contributed by atoms with van der Waals surface area (Å²) in [7, 11) is 0. The highest BCUT2D eigenvalue weighted by molar-refractivity contribution is 5.17. The first-order valence-electron chi connectivity index (χ1n) is 5.81. The summed E-state index contributed by atoms with van der Waals surface area (Å²) in [5, 5.41) is 0. The van der Waals surface area contributed by atoms with Gasteiger partial charge >= 0.3 is 6.18 Å². The molecule has 0 radical (unpaired) electrons. The topological polar surface area (TPSA) is 55.0 Å². The van der Waals surface area contributed by atoms with Crippen molar-refractivity contribution in [1.82, 2.24) is 14.9 Å². The summed E-state index contributed by atoms with van der Waals surface area (Å²) in [5.74, 6) is -0.970. The smallest absolute Gasteiger partial charge is 0.368 e. The van der Waals surface area contributed by atoms with Gasteiger partial charge in [0.1, 0.15) is 0 Å². The predicted molar refractivity (Wildman–Crippen MR) is 60.5 cm³/mol. The average molecular weight is 260 g/mol. The van der Waals surface area contributed by atoms with Gasteiger partial charge in [-0.2, -0.15) is 13.2 Å². The van der Waals surface area contributed by atoms with Crippen LogP contribution >= 0.6 is 0 Å². The van der Waals surface area contributed by atoms with Gasteiger partial charge in [-0.3, -0.25) is 4.90 Å². The number of nitrogen functional groups attached to an aromatic ring is 1. The van der Waals surface area contributed by atoms with Crippen molar-refractivity contribution in [1.29, 1.82) is 0 Å². The maximum absolute atomic E-state index is 12.5. The Kier molecular flexibility index (Phi) is 3.70. The molecule has 0 aliphatic carbocycles. The van der Waals surface area contributed by atoms with Crippen molar-refractivity contribution in [2.75, 3.05) is 18.8 Å². The van der Waals surface area contributed by atoms with Crippen molar-refractivity contribution < 1.29 is 13.2 Å². The third kappa shape index (κ3) is 3.32. The van der Waals surface area contributed by atoms with Gasteiger partial charge in [-0.05, 0) is 32.0 Å². The van der Waals surface area contributed by atoms with Gasteiger partial charge < -0.3 is 5.73 Å². The SMILES string of the molecule is Nc1nccc(CN2CCC(C(F)(F)F)CC2)n1. The Morgan fingerprint density at radius 2 is 2.00 bits per heavy atom. The van der Waals surface area contributed by atoms with Gasteiger partial charge in [0.15, 0.2) is 0 Å². The molecule has 100 valence electrons. The quantitative estimate of drug-likeness (QED) is 0.881. The molecule has 2 rings (SSSR count). The molecule has 18 heavy (non-hydrogen) atoms. The summed E-state index contributed by atoms with van der Waals surface area (Å²) in [4.78, 5) is 9.78. The molecular weight excluding hydrogens is 245 g/mol. The Bertz CT molecular complexity index is 400. The Morgan fingerprint density at radius 1 is 1.33 bits per heavy atom. The first kappa shape index (κ1) is 13.1. The monoisotopic (exact) mass is 260 g/mol.